The molecule has 0 radical (unpaired) electrons. The van der Waals surface area contributed by atoms with Crippen molar-refractivity contribution in [3.05, 3.63) is 57.0 Å². The quantitative estimate of drug-likeness (QED) is 0.722. The normalized spacial score (nSPS) is 10.4. The highest BCUT2D eigenvalue weighted by Gasteiger charge is 2.04. The molecule has 14 heavy (non-hydrogen) atoms. The van der Waals surface area contributed by atoms with Gasteiger partial charge in [0.2, 0.25) is 0 Å². The summed E-state index contributed by atoms with van der Waals surface area (Å²) < 4.78 is 13.1. The van der Waals surface area contributed by atoms with Crippen LogP contribution in [0.4, 0.5) is 4.39 Å². The van der Waals surface area contributed by atoms with E-state index >= 15 is 0 Å². The summed E-state index contributed by atoms with van der Waals surface area (Å²) in [4.78, 5) is 0. The Morgan fingerprint density at radius 1 is 1.29 bits per heavy atom. The minimum absolute atomic E-state index is 0.107. The Labute approximate surface area is 91.0 Å². The first-order valence-electron chi connectivity index (χ1n) is 4.22. The lowest BCUT2D eigenvalue weighted by molar-refractivity contribution is 0.644. The summed E-state index contributed by atoms with van der Waals surface area (Å²) >= 11 is 6.96. The average Bonchev–Trinajstić information content (AvgIpc) is 2.52. The molecule has 0 nitrogen and oxygen atoms in total. The van der Waals surface area contributed by atoms with Crippen LogP contribution in [0.2, 0.25) is 5.02 Å². The van der Waals surface area contributed by atoms with Crippen LogP contribution in [0.15, 0.2) is 35.7 Å². The van der Waals surface area contributed by atoms with E-state index in [1.807, 2.05) is 24.3 Å². The first-order chi connectivity index (χ1) is 6.75. The van der Waals surface area contributed by atoms with Crippen LogP contribution in [-0.4, -0.2) is 0 Å². The number of rotatable bonds is 2. The van der Waals surface area contributed by atoms with Crippen molar-refractivity contribution in [1.82, 2.24) is 0 Å². The van der Waals surface area contributed by atoms with Crippen molar-refractivity contribution in [3.63, 3.8) is 0 Å². The molecule has 3 heteroatoms. The Morgan fingerprint density at radius 3 is 2.79 bits per heavy atom. The topological polar surface area (TPSA) is 0 Å². The van der Waals surface area contributed by atoms with Crippen LogP contribution in [0.25, 0.3) is 0 Å². The van der Waals surface area contributed by atoms with Gasteiger partial charge in [0.05, 0.1) is 0 Å². The van der Waals surface area contributed by atoms with E-state index < -0.39 is 0 Å². The van der Waals surface area contributed by atoms with E-state index in [2.05, 4.69) is 0 Å². The van der Waals surface area contributed by atoms with Crippen molar-refractivity contribution in [2.45, 2.75) is 6.42 Å². The van der Waals surface area contributed by atoms with Crippen LogP contribution in [0, 0.1) is 5.13 Å². The van der Waals surface area contributed by atoms with Gasteiger partial charge in [-0.1, -0.05) is 23.7 Å². The van der Waals surface area contributed by atoms with E-state index in [1.54, 1.807) is 11.4 Å². The zero-order chi connectivity index (χ0) is 9.97. The van der Waals surface area contributed by atoms with E-state index in [1.165, 1.54) is 0 Å². The predicted octanol–water partition coefficient (Wildman–Crippen LogP) is 4.13. The van der Waals surface area contributed by atoms with Gasteiger partial charge in [0, 0.05) is 17.0 Å². The van der Waals surface area contributed by atoms with Crippen LogP contribution in [0.3, 0.4) is 0 Å². The van der Waals surface area contributed by atoms with Crippen LogP contribution < -0.4 is 0 Å². The second kappa shape index (κ2) is 4.11. The van der Waals surface area contributed by atoms with Crippen molar-refractivity contribution >= 4 is 22.9 Å². The molecule has 0 atom stereocenters. The lowest BCUT2D eigenvalue weighted by Crippen LogP contribution is -1.87. The maximum atomic E-state index is 13.1. The number of halogens is 2. The van der Waals surface area contributed by atoms with Gasteiger partial charge in [-0.25, -0.2) is 0 Å². The molecule has 1 aromatic carbocycles. The molecule has 0 N–H and O–H groups in total. The number of benzene rings is 1. The minimum Gasteiger partial charge on any atom is -0.195 e. The largest absolute Gasteiger partial charge is 0.195 e. The molecule has 0 saturated carbocycles. The molecular weight excluding hydrogens is 219 g/mol. The van der Waals surface area contributed by atoms with Gasteiger partial charge in [0.1, 0.15) is 0 Å². The van der Waals surface area contributed by atoms with E-state index in [4.69, 9.17) is 11.6 Å². The molecule has 0 spiro atoms. The summed E-state index contributed by atoms with van der Waals surface area (Å²) in [6.07, 6.45) is 0.607. The van der Waals surface area contributed by atoms with Crippen molar-refractivity contribution in [2.75, 3.05) is 0 Å². The average molecular weight is 227 g/mol. The summed E-state index contributed by atoms with van der Waals surface area (Å²) in [6.45, 7) is 0. The SMILES string of the molecule is Fc1sccc1Cc1cccc(Cl)c1. The van der Waals surface area contributed by atoms with Crippen LogP contribution in [0.5, 0.6) is 0 Å². The Morgan fingerprint density at radius 2 is 2.14 bits per heavy atom. The number of hydrogen-bond acceptors (Lipinski definition) is 1. The van der Waals surface area contributed by atoms with E-state index in [0.717, 1.165) is 22.5 Å². The Bertz CT molecular complexity index is 436. The molecule has 0 saturated heterocycles. The Hall–Kier alpha value is -0.860. The standard InChI is InChI=1S/C11H8ClFS/c12-10-3-1-2-8(7-10)6-9-4-5-14-11(9)13/h1-5,7H,6H2. The maximum absolute atomic E-state index is 13.1. The van der Waals surface area contributed by atoms with Crippen molar-refractivity contribution < 1.29 is 4.39 Å². The molecule has 0 fully saturated rings. The Balaban J connectivity index is 2.23. The second-order valence-electron chi connectivity index (χ2n) is 3.03. The van der Waals surface area contributed by atoms with Crippen molar-refractivity contribution in [3.8, 4) is 0 Å². The molecule has 0 aliphatic heterocycles. The lowest BCUT2D eigenvalue weighted by atomic mass is 10.1. The maximum Gasteiger partial charge on any atom is 0.179 e. The zero-order valence-corrected chi connectivity index (χ0v) is 8.91. The molecule has 2 rings (SSSR count). The highest BCUT2D eigenvalue weighted by Crippen LogP contribution is 2.19. The van der Waals surface area contributed by atoms with Gasteiger partial charge < -0.3 is 0 Å². The highest BCUT2D eigenvalue weighted by molar-refractivity contribution is 7.08. The molecular formula is C11H8ClFS. The fourth-order valence-electron chi connectivity index (χ4n) is 1.31. The van der Waals surface area contributed by atoms with Gasteiger partial charge >= 0.3 is 0 Å². The van der Waals surface area contributed by atoms with Gasteiger partial charge in [-0.15, -0.1) is 11.3 Å². The Kier molecular flexibility index (Phi) is 2.85. The summed E-state index contributed by atoms with van der Waals surface area (Å²) in [7, 11) is 0. The molecule has 1 heterocycles. The van der Waals surface area contributed by atoms with E-state index in [0.29, 0.717) is 11.4 Å². The molecule has 0 unspecified atom stereocenters. The fraction of sp³-hybridized carbons (Fsp3) is 0.0909. The number of hydrogen-bond donors (Lipinski definition) is 0. The summed E-state index contributed by atoms with van der Waals surface area (Å²) in [6, 6.07) is 9.31. The fourth-order valence-corrected chi connectivity index (χ4v) is 2.17. The third-order valence-electron chi connectivity index (χ3n) is 1.98. The van der Waals surface area contributed by atoms with Gasteiger partial charge in [0.25, 0.3) is 0 Å². The molecule has 72 valence electrons. The summed E-state index contributed by atoms with van der Waals surface area (Å²) in [5.74, 6) is 0. The summed E-state index contributed by atoms with van der Waals surface area (Å²) in [5.41, 5.74) is 1.77. The van der Waals surface area contributed by atoms with Crippen molar-refractivity contribution in [2.24, 2.45) is 0 Å². The second-order valence-corrected chi connectivity index (χ2v) is 4.33. The zero-order valence-electron chi connectivity index (χ0n) is 7.34. The van der Waals surface area contributed by atoms with Crippen LogP contribution in [0.1, 0.15) is 11.1 Å². The smallest absolute Gasteiger partial charge is 0.179 e. The van der Waals surface area contributed by atoms with Crippen LogP contribution >= 0.6 is 22.9 Å². The molecule has 1 aromatic heterocycles. The number of thiophene rings is 1. The highest BCUT2D eigenvalue weighted by atomic mass is 35.5. The first kappa shape index (κ1) is 9.69. The molecule has 0 bridgehead atoms. The van der Waals surface area contributed by atoms with Gasteiger partial charge in [-0.3, -0.25) is 0 Å². The minimum atomic E-state index is -0.107. The van der Waals surface area contributed by atoms with Gasteiger partial charge in [-0.2, -0.15) is 4.39 Å². The van der Waals surface area contributed by atoms with Crippen LogP contribution in [-0.2, 0) is 6.42 Å². The molecule has 0 aliphatic rings. The third-order valence-corrected chi connectivity index (χ3v) is 2.95. The summed E-state index contributed by atoms with van der Waals surface area (Å²) in [5, 5.41) is 2.35. The van der Waals surface area contributed by atoms with Gasteiger partial charge in [-0.05, 0) is 29.1 Å². The first-order valence-corrected chi connectivity index (χ1v) is 5.48. The van der Waals surface area contributed by atoms with Crippen molar-refractivity contribution in [1.29, 1.82) is 0 Å². The lowest BCUT2D eigenvalue weighted by Gasteiger charge is -1.99. The monoisotopic (exact) mass is 226 g/mol. The molecule has 0 aliphatic carbocycles. The van der Waals surface area contributed by atoms with Gasteiger partial charge in [0.15, 0.2) is 5.13 Å². The predicted molar refractivity (Wildman–Crippen MR) is 58.5 cm³/mol. The van der Waals surface area contributed by atoms with E-state index in [9.17, 15) is 4.39 Å². The molecule has 0 amide bonds. The van der Waals surface area contributed by atoms with E-state index in [-0.39, 0.29) is 5.13 Å². The molecule has 2 aromatic rings. The third kappa shape index (κ3) is 2.14.